The fourth-order valence-electron chi connectivity index (χ4n) is 3.52. The molecule has 0 radical (unpaired) electrons. The molecule has 4 rings (SSSR count). The number of hydrogen-bond donors (Lipinski definition) is 1. The van der Waals surface area contributed by atoms with E-state index in [4.69, 9.17) is 4.52 Å². The molecule has 0 spiro atoms. The number of nitrogens with zero attached hydrogens (tertiary/aromatic N) is 3. The van der Waals surface area contributed by atoms with E-state index in [-0.39, 0.29) is 5.91 Å². The lowest BCUT2D eigenvalue weighted by Crippen LogP contribution is -2.40. The summed E-state index contributed by atoms with van der Waals surface area (Å²) >= 11 is 3.40. The van der Waals surface area contributed by atoms with Gasteiger partial charge in [-0.05, 0) is 48.2 Å². The Morgan fingerprint density at radius 1 is 1.36 bits per heavy atom. The van der Waals surface area contributed by atoms with Gasteiger partial charge in [-0.15, -0.1) is 11.3 Å². The summed E-state index contributed by atoms with van der Waals surface area (Å²) in [6.07, 6.45) is 3.21. The maximum Gasteiger partial charge on any atom is 0.227 e. The minimum Gasteiger partial charge on any atom is -0.356 e. The highest BCUT2D eigenvalue weighted by Crippen LogP contribution is 2.21. The molecule has 3 aromatic heterocycles. The number of thiophene rings is 2. The summed E-state index contributed by atoms with van der Waals surface area (Å²) in [4.78, 5) is 20.5. The molecule has 1 saturated heterocycles. The van der Waals surface area contributed by atoms with Crippen molar-refractivity contribution in [3.05, 3.63) is 45.1 Å². The van der Waals surface area contributed by atoms with Crippen molar-refractivity contribution in [3.8, 4) is 11.4 Å². The quantitative estimate of drug-likeness (QED) is 0.604. The first-order valence-corrected chi connectivity index (χ1v) is 11.4. The first kappa shape index (κ1) is 19.3. The standard InChI is InChI=1S/C20H24N4O2S2/c25-18(5-6-19-22-20(23-26-19)16-7-10-27-14-16)21-11-15-3-1-8-24(12-15)13-17-4-2-9-28-17/h2,4,7,9-10,14-15H,1,3,5-6,8,11-13H2,(H,21,25). The van der Waals surface area contributed by atoms with E-state index in [9.17, 15) is 4.79 Å². The average molecular weight is 417 g/mol. The SMILES string of the molecule is O=C(CCc1nc(-c2ccsc2)no1)NCC1CCCN(Cc2cccs2)C1. The number of carbonyl (C=O) groups excluding carboxylic acids is 1. The van der Waals surface area contributed by atoms with Gasteiger partial charge in [0.15, 0.2) is 0 Å². The fourth-order valence-corrected chi connectivity index (χ4v) is 4.90. The Bertz CT molecular complexity index is 861. The van der Waals surface area contributed by atoms with Crippen molar-refractivity contribution in [1.82, 2.24) is 20.4 Å². The molecule has 3 aromatic rings. The van der Waals surface area contributed by atoms with Gasteiger partial charge in [0.25, 0.3) is 0 Å². The van der Waals surface area contributed by atoms with Gasteiger partial charge in [-0.3, -0.25) is 9.69 Å². The lowest BCUT2D eigenvalue weighted by molar-refractivity contribution is -0.121. The molecule has 0 bridgehead atoms. The molecule has 148 valence electrons. The van der Waals surface area contributed by atoms with Crippen molar-refractivity contribution in [2.75, 3.05) is 19.6 Å². The van der Waals surface area contributed by atoms with Gasteiger partial charge in [0.1, 0.15) is 0 Å². The van der Waals surface area contributed by atoms with Crippen LogP contribution in [0.2, 0.25) is 0 Å². The van der Waals surface area contributed by atoms with E-state index < -0.39 is 0 Å². The lowest BCUT2D eigenvalue weighted by atomic mass is 9.98. The number of nitrogens with one attached hydrogen (secondary N) is 1. The van der Waals surface area contributed by atoms with Gasteiger partial charge in [0.05, 0.1) is 0 Å². The molecule has 1 unspecified atom stereocenters. The highest BCUT2D eigenvalue weighted by atomic mass is 32.1. The number of carbonyl (C=O) groups is 1. The predicted octanol–water partition coefficient (Wildman–Crippen LogP) is 3.82. The summed E-state index contributed by atoms with van der Waals surface area (Å²) in [5.74, 6) is 1.66. The van der Waals surface area contributed by atoms with Crippen LogP contribution in [-0.2, 0) is 17.8 Å². The Morgan fingerprint density at radius 2 is 2.32 bits per heavy atom. The van der Waals surface area contributed by atoms with Crippen LogP contribution in [0.15, 0.2) is 38.9 Å². The second-order valence-corrected chi connectivity index (χ2v) is 8.96. The molecule has 4 heterocycles. The highest BCUT2D eigenvalue weighted by molar-refractivity contribution is 7.09. The predicted molar refractivity (Wildman–Crippen MR) is 111 cm³/mol. The normalized spacial score (nSPS) is 17.6. The molecule has 8 heteroatoms. The second-order valence-electron chi connectivity index (χ2n) is 7.15. The van der Waals surface area contributed by atoms with Crippen molar-refractivity contribution in [2.45, 2.75) is 32.2 Å². The van der Waals surface area contributed by atoms with E-state index >= 15 is 0 Å². The molecule has 1 aliphatic rings. The van der Waals surface area contributed by atoms with Gasteiger partial charge in [0, 0.05) is 48.3 Å². The van der Waals surface area contributed by atoms with E-state index in [2.05, 4.69) is 37.9 Å². The van der Waals surface area contributed by atoms with Crippen molar-refractivity contribution in [1.29, 1.82) is 0 Å². The third kappa shape index (κ3) is 5.27. The van der Waals surface area contributed by atoms with Crippen LogP contribution >= 0.6 is 22.7 Å². The molecule has 0 aromatic carbocycles. The molecule has 6 nitrogen and oxygen atoms in total. The van der Waals surface area contributed by atoms with Crippen LogP contribution < -0.4 is 5.32 Å². The van der Waals surface area contributed by atoms with E-state index in [1.54, 1.807) is 11.3 Å². The molecule has 1 amide bonds. The molecule has 1 aliphatic heterocycles. The number of likely N-dealkylation sites (tertiary alicyclic amines) is 1. The van der Waals surface area contributed by atoms with Gasteiger partial charge >= 0.3 is 0 Å². The van der Waals surface area contributed by atoms with Crippen molar-refractivity contribution < 1.29 is 9.32 Å². The largest absolute Gasteiger partial charge is 0.356 e. The molecular weight excluding hydrogens is 392 g/mol. The van der Waals surface area contributed by atoms with E-state index in [1.807, 2.05) is 28.2 Å². The van der Waals surface area contributed by atoms with Crippen LogP contribution in [0.1, 0.15) is 30.0 Å². The maximum atomic E-state index is 12.2. The van der Waals surface area contributed by atoms with E-state index in [0.29, 0.717) is 30.5 Å². The Balaban J connectivity index is 1.18. The Morgan fingerprint density at radius 3 is 3.14 bits per heavy atom. The minimum absolute atomic E-state index is 0.0469. The summed E-state index contributed by atoms with van der Waals surface area (Å²) in [6.45, 7) is 3.95. The summed E-state index contributed by atoms with van der Waals surface area (Å²) in [6, 6.07) is 6.25. The molecule has 1 fully saturated rings. The van der Waals surface area contributed by atoms with Gasteiger partial charge in [0.2, 0.25) is 17.6 Å². The smallest absolute Gasteiger partial charge is 0.227 e. The summed E-state index contributed by atoms with van der Waals surface area (Å²) in [7, 11) is 0. The highest BCUT2D eigenvalue weighted by Gasteiger charge is 2.21. The number of aryl methyl sites for hydroxylation is 1. The number of piperidine rings is 1. The lowest BCUT2D eigenvalue weighted by Gasteiger charge is -2.32. The molecule has 28 heavy (non-hydrogen) atoms. The van der Waals surface area contributed by atoms with Crippen molar-refractivity contribution in [2.24, 2.45) is 5.92 Å². The Labute approximate surface area is 172 Å². The Kier molecular flexibility index (Phi) is 6.51. The zero-order valence-electron chi connectivity index (χ0n) is 15.7. The average Bonchev–Trinajstić information content (AvgIpc) is 3.47. The van der Waals surface area contributed by atoms with Gasteiger partial charge in [-0.1, -0.05) is 11.2 Å². The van der Waals surface area contributed by atoms with Crippen molar-refractivity contribution >= 4 is 28.6 Å². The third-order valence-corrected chi connectivity index (χ3v) is 6.51. The summed E-state index contributed by atoms with van der Waals surface area (Å²) in [5.41, 5.74) is 0.953. The van der Waals surface area contributed by atoms with E-state index in [0.717, 1.165) is 31.7 Å². The second kappa shape index (κ2) is 9.45. The van der Waals surface area contributed by atoms with Crippen LogP contribution in [0.25, 0.3) is 11.4 Å². The van der Waals surface area contributed by atoms with Crippen LogP contribution in [-0.4, -0.2) is 40.6 Å². The number of amides is 1. The Hall–Kier alpha value is -2.03. The molecular formula is C20H24N4O2S2. The first-order chi connectivity index (χ1) is 13.8. The van der Waals surface area contributed by atoms with Gasteiger partial charge < -0.3 is 9.84 Å². The topological polar surface area (TPSA) is 71.3 Å². The fraction of sp³-hybridized carbons (Fsp3) is 0.450. The minimum atomic E-state index is 0.0469. The van der Waals surface area contributed by atoms with Gasteiger partial charge in [-0.25, -0.2) is 0 Å². The summed E-state index contributed by atoms with van der Waals surface area (Å²) in [5, 5.41) is 13.2. The van der Waals surface area contributed by atoms with Crippen LogP contribution in [0.5, 0.6) is 0 Å². The van der Waals surface area contributed by atoms with E-state index in [1.165, 1.54) is 17.7 Å². The number of hydrogen-bond acceptors (Lipinski definition) is 7. The zero-order chi connectivity index (χ0) is 19.2. The molecule has 0 aliphatic carbocycles. The number of rotatable bonds is 8. The molecule has 1 N–H and O–H groups in total. The zero-order valence-corrected chi connectivity index (χ0v) is 17.3. The summed E-state index contributed by atoms with van der Waals surface area (Å²) < 4.78 is 5.26. The van der Waals surface area contributed by atoms with Crippen LogP contribution in [0.3, 0.4) is 0 Å². The first-order valence-electron chi connectivity index (χ1n) is 9.63. The van der Waals surface area contributed by atoms with Crippen molar-refractivity contribution in [3.63, 3.8) is 0 Å². The monoisotopic (exact) mass is 416 g/mol. The molecule has 0 saturated carbocycles. The maximum absolute atomic E-state index is 12.2. The van der Waals surface area contributed by atoms with Crippen LogP contribution in [0.4, 0.5) is 0 Å². The number of aromatic nitrogens is 2. The van der Waals surface area contributed by atoms with Crippen LogP contribution in [0, 0.1) is 5.92 Å². The molecule has 1 atom stereocenters. The van der Waals surface area contributed by atoms with Gasteiger partial charge in [-0.2, -0.15) is 16.3 Å². The third-order valence-electron chi connectivity index (χ3n) is 4.96.